The third kappa shape index (κ3) is 4.78. The first-order chi connectivity index (χ1) is 11.5. The van der Waals surface area contributed by atoms with E-state index < -0.39 is 0 Å². The number of aryl methyl sites for hydroxylation is 3. The monoisotopic (exact) mass is 366 g/mol. The zero-order valence-electron chi connectivity index (χ0n) is 14.1. The van der Waals surface area contributed by atoms with Gasteiger partial charge in [0.1, 0.15) is 5.00 Å². The second kappa shape index (κ2) is 8.79. The van der Waals surface area contributed by atoms with Gasteiger partial charge in [-0.25, -0.2) is 4.79 Å². The third-order valence-electron chi connectivity index (χ3n) is 3.53. The van der Waals surface area contributed by atoms with Gasteiger partial charge in [0.2, 0.25) is 0 Å². The number of anilines is 1. The van der Waals surface area contributed by atoms with Gasteiger partial charge in [-0.3, -0.25) is 4.68 Å². The average molecular weight is 367 g/mol. The molecular formula is C16H22N4O2S2. The first-order valence-corrected chi connectivity index (χ1v) is 9.02. The Bertz CT molecular complexity index is 709. The molecule has 0 saturated heterocycles. The van der Waals surface area contributed by atoms with Crippen molar-refractivity contribution in [2.24, 2.45) is 0 Å². The van der Waals surface area contributed by atoms with Crippen molar-refractivity contribution in [3.05, 3.63) is 34.5 Å². The molecule has 0 aliphatic carbocycles. The van der Waals surface area contributed by atoms with E-state index in [9.17, 15) is 4.79 Å². The molecule has 0 spiro atoms. The zero-order valence-corrected chi connectivity index (χ0v) is 15.7. The number of ether oxygens (including phenoxy) is 1. The lowest BCUT2D eigenvalue weighted by atomic mass is 10.2. The molecule has 0 atom stereocenters. The number of methoxy groups -OCH3 is 1. The number of thiocarbonyl (C=S) groups is 1. The predicted octanol–water partition coefficient (Wildman–Crippen LogP) is 2.98. The SMILES string of the molecule is CCc1cc(C(=O)OC)c(NC(=S)NCCCn2nccc2C)s1. The van der Waals surface area contributed by atoms with Gasteiger partial charge in [0.05, 0.1) is 12.7 Å². The molecule has 2 rings (SSSR count). The number of carbonyl (C=O) groups excluding carboxylic acids is 1. The highest BCUT2D eigenvalue weighted by atomic mass is 32.1. The summed E-state index contributed by atoms with van der Waals surface area (Å²) < 4.78 is 6.78. The Morgan fingerprint density at radius 3 is 2.92 bits per heavy atom. The van der Waals surface area contributed by atoms with Crippen molar-refractivity contribution in [3.63, 3.8) is 0 Å². The molecule has 0 unspecified atom stereocenters. The van der Waals surface area contributed by atoms with Crippen LogP contribution in [0.1, 0.15) is 34.3 Å². The molecule has 2 aromatic heterocycles. The molecule has 0 aliphatic heterocycles. The summed E-state index contributed by atoms with van der Waals surface area (Å²) in [6.45, 7) is 5.64. The fraction of sp³-hybridized carbons (Fsp3) is 0.438. The van der Waals surface area contributed by atoms with Crippen LogP contribution >= 0.6 is 23.6 Å². The molecule has 2 N–H and O–H groups in total. The van der Waals surface area contributed by atoms with Gasteiger partial charge in [-0.15, -0.1) is 11.3 Å². The molecular weight excluding hydrogens is 344 g/mol. The van der Waals surface area contributed by atoms with E-state index in [1.165, 1.54) is 18.4 Å². The van der Waals surface area contributed by atoms with E-state index in [4.69, 9.17) is 17.0 Å². The standard InChI is InChI=1S/C16H22N4O2S2/c1-4-12-10-13(15(21)22-3)14(24-12)19-16(23)17-7-5-9-20-11(2)6-8-18-20/h6,8,10H,4-5,7,9H2,1-3H3,(H2,17,19,23). The molecule has 130 valence electrons. The van der Waals surface area contributed by atoms with Gasteiger partial charge in [-0.1, -0.05) is 6.92 Å². The van der Waals surface area contributed by atoms with Crippen molar-refractivity contribution >= 4 is 39.6 Å². The van der Waals surface area contributed by atoms with Gasteiger partial charge in [-0.2, -0.15) is 5.10 Å². The molecule has 0 saturated carbocycles. The maximum Gasteiger partial charge on any atom is 0.340 e. The first kappa shape index (κ1) is 18.4. The lowest BCUT2D eigenvalue weighted by Crippen LogP contribution is -2.30. The van der Waals surface area contributed by atoms with Gasteiger partial charge in [0, 0.05) is 29.9 Å². The Kier molecular flexibility index (Phi) is 6.74. The third-order valence-corrected chi connectivity index (χ3v) is 4.97. The normalized spacial score (nSPS) is 10.5. The van der Waals surface area contributed by atoms with Crippen LogP contribution in [0.3, 0.4) is 0 Å². The maximum atomic E-state index is 11.8. The Balaban J connectivity index is 1.84. The Labute approximate surface area is 151 Å². The zero-order chi connectivity index (χ0) is 17.5. The number of aromatic nitrogens is 2. The van der Waals surface area contributed by atoms with E-state index in [0.29, 0.717) is 10.7 Å². The van der Waals surface area contributed by atoms with Crippen molar-refractivity contribution in [2.75, 3.05) is 19.0 Å². The number of nitrogens with zero attached hydrogens (tertiary/aromatic N) is 2. The van der Waals surface area contributed by atoms with Crippen molar-refractivity contribution in [3.8, 4) is 0 Å². The van der Waals surface area contributed by atoms with Gasteiger partial charge >= 0.3 is 5.97 Å². The number of thiophene rings is 1. The van der Waals surface area contributed by atoms with E-state index in [0.717, 1.165) is 41.5 Å². The second-order valence-electron chi connectivity index (χ2n) is 5.23. The fourth-order valence-corrected chi connectivity index (χ4v) is 3.44. The molecule has 0 bridgehead atoms. The Morgan fingerprint density at radius 2 is 2.29 bits per heavy atom. The van der Waals surface area contributed by atoms with Gasteiger partial charge in [0.15, 0.2) is 5.11 Å². The number of rotatable bonds is 7. The molecule has 0 radical (unpaired) electrons. The second-order valence-corrected chi connectivity index (χ2v) is 6.78. The smallest absolute Gasteiger partial charge is 0.340 e. The minimum Gasteiger partial charge on any atom is -0.465 e. The summed E-state index contributed by atoms with van der Waals surface area (Å²) in [4.78, 5) is 12.9. The Morgan fingerprint density at radius 1 is 1.50 bits per heavy atom. The summed E-state index contributed by atoms with van der Waals surface area (Å²) >= 11 is 6.83. The fourth-order valence-electron chi connectivity index (χ4n) is 2.18. The van der Waals surface area contributed by atoms with Crippen LogP contribution in [0.25, 0.3) is 0 Å². The van der Waals surface area contributed by atoms with Gasteiger partial charge in [0.25, 0.3) is 0 Å². The van der Waals surface area contributed by atoms with Crippen LogP contribution < -0.4 is 10.6 Å². The topological polar surface area (TPSA) is 68.2 Å². The van der Waals surface area contributed by atoms with Crippen LogP contribution in [-0.4, -0.2) is 34.5 Å². The average Bonchev–Trinajstić information content (AvgIpc) is 3.17. The quantitative estimate of drug-likeness (QED) is 0.446. The van der Waals surface area contributed by atoms with Crippen molar-refractivity contribution in [2.45, 2.75) is 33.2 Å². The van der Waals surface area contributed by atoms with Crippen molar-refractivity contribution in [1.82, 2.24) is 15.1 Å². The molecule has 24 heavy (non-hydrogen) atoms. The van der Waals surface area contributed by atoms with Crippen LogP contribution in [-0.2, 0) is 17.7 Å². The predicted molar refractivity (Wildman–Crippen MR) is 101 cm³/mol. The van der Waals surface area contributed by atoms with Gasteiger partial charge in [-0.05, 0) is 44.1 Å². The highest BCUT2D eigenvalue weighted by Crippen LogP contribution is 2.29. The van der Waals surface area contributed by atoms with E-state index in [2.05, 4.69) is 15.7 Å². The van der Waals surface area contributed by atoms with E-state index in [-0.39, 0.29) is 5.97 Å². The molecule has 8 heteroatoms. The lowest BCUT2D eigenvalue weighted by Gasteiger charge is -2.10. The van der Waals surface area contributed by atoms with Crippen LogP contribution in [0, 0.1) is 6.92 Å². The number of esters is 1. The van der Waals surface area contributed by atoms with E-state index in [1.807, 2.05) is 30.7 Å². The summed E-state index contributed by atoms with van der Waals surface area (Å²) in [5.41, 5.74) is 1.67. The number of hydrogen-bond donors (Lipinski definition) is 2. The van der Waals surface area contributed by atoms with E-state index in [1.54, 1.807) is 6.20 Å². The number of nitrogens with one attached hydrogen (secondary N) is 2. The summed E-state index contributed by atoms with van der Waals surface area (Å²) in [5.74, 6) is -0.356. The molecule has 0 amide bonds. The molecule has 2 heterocycles. The lowest BCUT2D eigenvalue weighted by molar-refractivity contribution is 0.0602. The largest absolute Gasteiger partial charge is 0.465 e. The summed E-state index contributed by atoms with van der Waals surface area (Å²) in [6.07, 6.45) is 3.56. The van der Waals surface area contributed by atoms with E-state index >= 15 is 0 Å². The van der Waals surface area contributed by atoms with Crippen LogP contribution in [0.5, 0.6) is 0 Å². The Hall–Kier alpha value is -1.93. The van der Waals surface area contributed by atoms with Crippen LogP contribution in [0.2, 0.25) is 0 Å². The van der Waals surface area contributed by atoms with Crippen molar-refractivity contribution in [1.29, 1.82) is 0 Å². The molecule has 0 aliphatic rings. The molecule has 2 aromatic rings. The van der Waals surface area contributed by atoms with Crippen LogP contribution in [0.4, 0.5) is 5.00 Å². The number of hydrogen-bond acceptors (Lipinski definition) is 5. The summed E-state index contributed by atoms with van der Waals surface area (Å²) in [6, 6.07) is 3.83. The minimum absolute atomic E-state index is 0.356. The molecule has 0 aromatic carbocycles. The number of carbonyl (C=O) groups is 1. The summed E-state index contributed by atoms with van der Waals surface area (Å²) in [7, 11) is 1.38. The highest BCUT2D eigenvalue weighted by molar-refractivity contribution is 7.80. The van der Waals surface area contributed by atoms with Gasteiger partial charge < -0.3 is 15.4 Å². The maximum absolute atomic E-state index is 11.8. The molecule has 0 fully saturated rings. The minimum atomic E-state index is -0.356. The van der Waals surface area contributed by atoms with Crippen LogP contribution in [0.15, 0.2) is 18.3 Å². The summed E-state index contributed by atoms with van der Waals surface area (Å²) in [5, 5.41) is 11.7. The highest BCUT2D eigenvalue weighted by Gasteiger charge is 2.16. The van der Waals surface area contributed by atoms with Crippen molar-refractivity contribution < 1.29 is 9.53 Å². The molecule has 6 nitrogen and oxygen atoms in total. The first-order valence-electron chi connectivity index (χ1n) is 7.79.